The number of carbonyl (C=O) groups excluding carboxylic acids is 2. The molecule has 1 spiro atoms. The molecular formula is C16H18BrNO3. The highest BCUT2D eigenvalue weighted by Gasteiger charge is 2.52. The predicted octanol–water partition coefficient (Wildman–Crippen LogP) is 3.65. The van der Waals surface area contributed by atoms with Gasteiger partial charge >= 0.3 is 5.97 Å². The zero-order valence-electron chi connectivity index (χ0n) is 11.7. The molecule has 1 amide bonds. The number of halogens is 1. The molecule has 1 N–H and O–H groups in total. The molecule has 0 aromatic heterocycles. The third-order valence-electron chi connectivity index (χ3n) is 4.43. The van der Waals surface area contributed by atoms with E-state index in [2.05, 4.69) is 21.2 Å². The van der Waals surface area contributed by atoms with Crippen LogP contribution in [0.3, 0.4) is 0 Å². The molecule has 0 radical (unpaired) electrons. The fourth-order valence-corrected chi connectivity index (χ4v) is 3.82. The van der Waals surface area contributed by atoms with Crippen LogP contribution in [0.15, 0.2) is 28.7 Å². The van der Waals surface area contributed by atoms with E-state index in [9.17, 15) is 9.59 Å². The van der Waals surface area contributed by atoms with E-state index in [0.717, 1.165) is 42.3 Å². The van der Waals surface area contributed by atoms with Gasteiger partial charge in [-0.1, -0.05) is 28.4 Å². The van der Waals surface area contributed by atoms with Gasteiger partial charge in [0.05, 0.1) is 12.3 Å². The summed E-state index contributed by atoms with van der Waals surface area (Å²) in [5, 5.41) is 2.92. The Balaban J connectivity index is 1.77. The number of hydrogen-bond donors (Lipinski definition) is 1. The number of carbonyl (C=O) groups is 2. The Morgan fingerprint density at radius 1 is 1.29 bits per heavy atom. The Bertz CT molecular complexity index is 566. The van der Waals surface area contributed by atoms with E-state index < -0.39 is 5.60 Å². The summed E-state index contributed by atoms with van der Waals surface area (Å²) in [5.74, 6) is -0.726. The number of rotatable bonds is 2. The molecule has 1 aromatic rings. The first-order valence-electron chi connectivity index (χ1n) is 7.37. The molecule has 1 saturated carbocycles. The highest BCUT2D eigenvalue weighted by molar-refractivity contribution is 9.10. The zero-order chi connectivity index (χ0) is 14.9. The number of anilines is 1. The van der Waals surface area contributed by atoms with Crippen molar-refractivity contribution in [2.45, 2.75) is 44.1 Å². The third-order valence-corrected chi connectivity index (χ3v) is 4.92. The number of hydrogen-bond acceptors (Lipinski definition) is 3. The fourth-order valence-electron chi connectivity index (χ4n) is 3.42. The summed E-state index contributed by atoms with van der Waals surface area (Å²) in [6.45, 7) is 0. The van der Waals surface area contributed by atoms with Crippen molar-refractivity contribution in [3.05, 3.63) is 28.7 Å². The molecule has 2 fully saturated rings. The molecule has 112 valence electrons. The van der Waals surface area contributed by atoms with Crippen LogP contribution in [0.25, 0.3) is 0 Å². The van der Waals surface area contributed by atoms with Crippen molar-refractivity contribution in [3.63, 3.8) is 0 Å². The molecule has 1 saturated heterocycles. The minimum Gasteiger partial charge on any atom is -0.458 e. The van der Waals surface area contributed by atoms with Crippen molar-refractivity contribution in [3.8, 4) is 0 Å². The van der Waals surface area contributed by atoms with Gasteiger partial charge in [-0.25, -0.2) is 0 Å². The van der Waals surface area contributed by atoms with Crippen LogP contribution in [0.4, 0.5) is 5.69 Å². The summed E-state index contributed by atoms with van der Waals surface area (Å²) in [6.07, 6.45) is 4.99. The normalized spacial score (nSPS) is 23.9. The molecule has 1 heterocycles. The van der Waals surface area contributed by atoms with Gasteiger partial charge in [-0.3, -0.25) is 9.59 Å². The van der Waals surface area contributed by atoms with Gasteiger partial charge in [0, 0.05) is 10.2 Å². The maximum atomic E-state index is 12.6. The van der Waals surface area contributed by atoms with Gasteiger partial charge in [-0.2, -0.15) is 0 Å². The number of amides is 1. The van der Waals surface area contributed by atoms with Gasteiger partial charge in [-0.15, -0.1) is 0 Å². The SMILES string of the molecule is O=C1CC(C(=O)Nc2cccc(Br)c2)C2(CCCCC2)O1. The van der Waals surface area contributed by atoms with Gasteiger partial charge in [-0.05, 0) is 43.9 Å². The number of ether oxygens (including phenoxy) is 1. The summed E-state index contributed by atoms with van der Waals surface area (Å²) in [4.78, 5) is 24.3. The molecular weight excluding hydrogens is 334 g/mol. The molecule has 1 atom stereocenters. The topological polar surface area (TPSA) is 55.4 Å². The number of esters is 1. The highest BCUT2D eigenvalue weighted by atomic mass is 79.9. The maximum absolute atomic E-state index is 12.6. The van der Waals surface area contributed by atoms with Crippen LogP contribution >= 0.6 is 15.9 Å². The first-order valence-corrected chi connectivity index (χ1v) is 8.17. The van der Waals surface area contributed by atoms with Gasteiger partial charge < -0.3 is 10.1 Å². The molecule has 1 aliphatic heterocycles. The van der Waals surface area contributed by atoms with Crippen LogP contribution in [0.1, 0.15) is 38.5 Å². The van der Waals surface area contributed by atoms with Crippen molar-refractivity contribution in [2.75, 3.05) is 5.32 Å². The lowest BCUT2D eigenvalue weighted by atomic mass is 9.75. The van der Waals surface area contributed by atoms with Crippen LogP contribution in [0, 0.1) is 5.92 Å². The van der Waals surface area contributed by atoms with E-state index in [4.69, 9.17) is 4.74 Å². The second-order valence-electron chi connectivity index (χ2n) is 5.86. The summed E-state index contributed by atoms with van der Waals surface area (Å²) in [5.41, 5.74) is 0.172. The van der Waals surface area contributed by atoms with Crippen molar-refractivity contribution in [1.82, 2.24) is 0 Å². The Kier molecular flexibility index (Phi) is 4.02. The maximum Gasteiger partial charge on any atom is 0.307 e. The Labute approximate surface area is 132 Å². The number of benzene rings is 1. The molecule has 0 bridgehead atoms. The van der Waals surface area contributed by atoms with Gasteiger partial charge in [0.25, 0.3) is 0 Å². The van der Waals surface area contributed by atoms with E-state index in [1.807, 2.05) is 24.3 Å². The quantitative estimate of drug-likeness (QED) is 0.827. The molecule has 1 unspecified atom stereocenters. The first-order chi connectivity index (χ1) is 10.1. The van der Waals surface area contributed by atoms with E-state index in [1.54, 1.807) is 0 Å². The molecule has 5 heteroatoms. The van der Waals surface area contributed by atoms with Crippen molar-refractivity contribution in [1.29, 1.82) is 0 Å². The summed E-state index contributed by atoms with van der Waals surface area (Å²) in [7, 11) is 0. The van der Waals surface area contributed by atoms with Crippen molar-refractivity contribution in [2.24, 2.45) is 5.92 Å². The minimum absolute atomic E-state index is 0.110. The van der Waals surface area contributed by atoms with E-state index in [-0.39, 0.29) is 24.2 Å². The second kappa shape index (κ2) is 5.79. The molecule has 1 aliphatic carbocycles. The van der Waals surface area contributed by atoms with E-state index in [1.165, 1.54) is 0 Å². The molecule has 1 aromatic carbocycles. The summed E-state index contributed by atoms with van der Waals surface area (Å²) >= 11 is 3.39. The summed E-state index contributed by atoms with van der Waals surface area (Å²) in [6, 6.07) is 7.46. The molecule has 2 aliphatic rings. The Hall–Kier alpha value is -1.36. The molecule has 21 heavy (non-hydrogen) atoms. The van der Waals surface area contributed by atoms with Crippen LogP contribution in [-0.4, -0.2) is 17.5 Å². The molecule has 3 rings (SSSR count). The van der Waals surface area contributed by atoms with Crippen LogP contribution in [0.5, 0.6) is 0 Å². The second-order valence-corrected chi connectivity index (χ2v) is 6.77. The molecule has 4 nitrogen and oxygen atoms in total. The van der Waals surface area contributed by atoms with Gasteiger partial charge in [0.2, 0.25) is 5.91 Å². The van der Waals surface area contributed by atoms with E-state index in [0.29, 0.717) is 0 Å². The van der Waals surface area contributed by atoms with Gasteiger partial charge in [0.1, 0.15) is 5.60 Å². The first kappa shape index (κ1) is 14.6. The van der Waals surface area contributed by atoms with E-state index >= 15 is 0 Å². The monoisotopic (exact) mass is 351 g/mol. The Morgan fingerprint density at radius 3 is 2.76 bits per heavy atom. The van der Waals surface area contributed by atoms with Crippen LogP contribution < -0.4 is 5.32 Å². The van der Waals surface area contributed by atoms with Crippen molar-refractivity contribution < 1.29 is 14.3 Å². The number of nitrogens with one attached hydrogen (secondary N) is 1. The zero-order valence-corrected chi connectivity index (χ0v) is 13.3. The highest BCUT2D eigenvalue weighted by Crippen LogP contribution is 2.44. The lowest BCUT2D eigenvalue weighted by Gasteiger charge is -2.36. The van der Waals surface area contributed by atoms with Crippen LogP contribution in [0.2, 0.25) is 0 Å². The van der Waals surface area contributed by atoms with Gasteiger partial charge in [0.15, 0.2) is 0 Å². The average molecular weight is 352 g/mol. The fraction of sp³-hybridized carbons (Fsp3) is 0.500. The van der Waals surface area contributed by atoms with Crippen LogP contribution in [-0.2, 0) is 14.3 Å². The minimum atomic E-state index is -0.564. The standard InChI is InChI=1S/C16H18BrNO3/c17-11-5-4-6-12(9-11)18-15(20)13-10-14(19)21-16(13)7-2-1-3-8-16/h4-6,9,13H,1-3,7-8,10H2,(H,18,20). The third kappa shape index (κ3) is 2.98. The smallest absolute Gasteiger partial charge is 0.307 e. The summed E-state index contributed by atoms with van der Waals surface area (Å²) < 4.78 is 6.48. The van der Waals surface area contributed by atoms with Crippen molar-refractivity contribution >= 4 is 33.5 Å². The average Bonchev–Trinajstić information content (AvgIpc) is 2.76. The lowest BCUT2D eigenvalue weighted by molar-refractivity contribution is -0.153. The largest absolute Gasteiger partial charge is 0.458 e. The predicted molar refractivity (Wildman–Crippen MR) is 82.8 cm³/mol. The Morgan fingerprint density at radius 2 is 2.05 bits per heavy atom. The lowest BCUT2D eigenvalue weighted by Crippen LogP contribution is -2.43.